The Morgan fingerprint density at radius 1 is 1.39 bits per heavy atom. The maximum atomic E-state index is 14.5. The fraction of sp³-hybridized carbons (Fsp3) is 0.375. The van der Waals surface area contributed by atoms with Gasteiger partial charge in [-0.2, -0.15) is 0 Å². The van der Waals surface area contributed by atoms with Crippen LogP contribution in [0.15, 0.2) is 23.1 Å². The molecule has 1 aliphatic carbocycles. The largest absolute Gasteiger partial charge is 0.494 e. The zero-order valence-electron chi connectivity index (χ0n) is 12.8. The van der Waals surface area contributed by atoms with Crippen molar-refractivity contribution in [2.45, 2.75) is 25.8 Å². The summed E-state index contributed by atoms with van der Waals surface area (Å²) in [7, 11) is 1.33. The van der Waals surface area contributed by atoms with Gasteiger partial charge in [-0.05, 0) is 31.9 Å². The van der Waals surface area contributed by atoms with Gasteiger partial charge in [-0.3, -0.25) is 9.50 Å². The predicted molar refractivity (Wildman–Crippen MR) is 81.4 cm³/mol. The Labute approximate surface area is 131 Å². The van der Waals surface area contributed by atoms with Crippen molar-refractivity contribution in [1.29, 1.82) is 0 Å². The maximum absolute atomic E-state index is 14.5. The van der Waals surface area contributed by atoms with Crippen LogP contribution >= 0.6 is 0 Å². The molecule has 1 aromatic carbocycles. The molecule has 0 amide bonds. The molecular weight excluding hydrogens is 308 g/mol. The summed E-state index contributed by atoms with van der Waals surface area (Å²) in [6, 6.07) is 3.32. The molecule has 2 aromatic rings. The van der Waals surface area contributed by atoms with Crippen LogP contribution in [0.2, 0.25) is 0 Å². The smallest absolute Gasteiger partial charge is 0.343 e. The van der Waals surface area contributed by atoms with Gasteiger partial charge in [0.15, 0.2) is 11.6 Å². The van der Waals surface area contributed by atoms with Crippen LogP contribution in [0.25, 0.3) is 10.9 Å². The summed E-state index contributed by atoms with van der Waals surface area (Å²) in [4.78, 5) is 24.5. The molecule has 1 fully saturated rings. The van der Waals surface area contributed by atoms with Gasteiger partial charge >= 0.3 is 5.97 Å². The molecule has 0 atom stereocenters. The number of rotatable bonds is 4. The molecule has 0 aliphatic heterocycles. The summed E-state index contributed by atoms with van der Waals surface area (Å²) in [5.41, 5.74) is -0.339. The van der Waals surface area contributed by atoms with Crippen LogP contribution in [0.5, 0.6) is 5.75 Å². The number of nitrogens with zero attached hydrogens (tertiary/aromatic N) is 1. The summed E-state index contributed by atoms with van der Waals surface area (Å²) in [6.07, 6.45) is 3.36. The van der Waals surface area contributed by atoms with E-state index >= 15 is 0 Å². The fourth-order valence-electron chi connectivity index (χ4n) is 2.55. The lowest BCUT2D eigenvalue weighted by atomic mass is 10.1. The first-order valence-electron chi connectivity index (χ1n) is 7.17. The number of esters is 1. The van der Waals surface area contributed by atoms with E-state index in [4.69, 9.17) is 9.47 Å². The first-order valence-corrected chi connectivity index (χ1v) is 7.17. The van der Waals surface area contributed by atoms with Crippen LogP contribution in [0, 0.1) is 5.82 Å². The molecule has 5 nitrogen and oxygen atoms in total. The van der Waals surface area contributed by atoms with Crippen molar-refractivity contribution < 1.29 is 23.4 Å². The van der Waals surface area contributed by atoms with Crippen LogP contribution in [-0.2, 0) is 4.74 Å². The molecule has 0 unspecified atom stereocenters. The van der Waals surface area contributed by atoms with Crippen molar-refractivity contribution in [2.75, 3.05) is 13.7 Å². The zero-order chi connectivity index (χ0) is 15.9. The van der Waals surface area contributed by atoms with Crippen molar-refractivity contribution in [3.05, 3.63) is 39.9 Å². The predicted octanol–water partition coefficient (Wildman–Crippen LogP) is 2.81. The number of hydrogen-bond donors (Lipinski definition) is 0. The lowest BCUT2D eigenvalue weighted by Crippen LogP contribution is -2.21. The van der Waals surface area contributed by atoms with E-state index in [1.807, 2.05) is 0 Å². The Hall–Kier alpha value is -2.44. The second-order valence-electron chi connectivity index (χ2n) is 5.21. The van der Waals surface area contributed by atoms with E-state index < -0.39 is 17.2 Å². The molecule has 0 bridgehead atoms. The highest BCUT2D eigenvalue weighted by Gasteiger charge is 2.28. The molecule has 3 rings (SSSR count). The Morgan fingerprint density at radius 2 is 2.09 bits per heavy atom. The third kappa shape index (κ3) is 2.78. The average Bonchev–Trinajstić information content (AvgIpc) is 3.32. The number of hydrogen-bond acceptors (Lipinski definition) is 4. The molecule has 0 saturated heterocycles. The number of aromatic nitrogens is 1. The molecule has 0 radical (unpaired) electrons. The molecular formula is C16H17F2NO4. The topological polar surface area (TPSA) is 57.5 Å². The first-order chi connectivity index (χ1) is 10.6. The van der Waals surface area contributed by atoms with Gasteiger partial charge in [0.05, 0.1) is 24.6 Å². The van der Waals surface area contributed by atoms with Crippen LogP contribution in [0.3, 0.4) is 0 Å². The highest BCUT2D eigenvalue weighted by atomic mass is 19.1. The van der Waals surface area contributed by atoms with E-state index in [0.29, 0.717) is 5.52 Å². The normalized spacial score (nSPS) is 13.5. The van der Waals surface area contributed by atoms with Gasteiger partial charge in [0.1, 0.15) is 5.56 Å². The zero-order valence-corrected chi connectivity index (χ0v) is 12.8. The Morgan fingerprint density at radius 3 is 2.65 bits per heavy atom. The van der Waals surface area contributed by atoms with Gasteiger partial charge in [-0.15, -0.1) is 0 Å². The summed E-state index contributed by atoms with van der Waals surface area (Å²) in [5, 5.41) is -0.128. The highest BCUT2D eigenvalue weighted by molar-refractivity contribution is 5.94. The Balaban J connectivity index is 0.00000192. The van der Waals surface area contributed by atoms with Crippen LogP contribution < -0.4 is 10.2 Å². The number of halogens is 2. The number of carbonyl (C=O) groups is 1. The minimum atomic E-state index is -0.745. The van der Waals surface area contributed by atoms with Crippen molar-refractivity contribution in [3.63, 3.8) is 0 Å². The summed E-state index contributed by atoms with van der Waals surface area (Å²) in [5.74, 6) is -1.50. The van der Waals surface area contributed by atoms with Gasteiger partial charge in [-0.25, -0.2) is 9.18 Å². The molecule has 1 heterocycles. The number of benzene rings is 1. The van der Waals surface area contributed by atoms with Gasteiger partial charge in [0.2, 0.25) is 5.43 Å². The van der Waals surface area contributed by atoms with E-state index in [1.165, 1.54) is 19.4 Å². The van der Waals surface area contributed by atoms with Gasteiger partial charge in [0.25, 0.3) is 0 Å². The van der Waals surface area contributed by atoms with Crippen molar-refractivity contribution in [3.8, 4) is 5.75 Å². The molecule has 1 saturated carbocycles. The molecule has 124 valence electrons. The third-order valence-corrected chi connectivity index (χ3v) is 3.76. The van der Waals surface area contributed by atoms with Crippen molar-refractivity contribution >= 4 is 16.9 Å². The molecule has 1 aromatic heterocycles. The van der Waals surface area contributed by atoms with E-state index in [9.17, 15) is 14.0 Å². The second kappa shape index (κ2) is 6.36. The summed E-state index contributed by atoms with van der Waals surface area (Å²) in [6.45, 7) is 1.81. The van der Waals surface area contributed by atoms with E-state index in [2.05, 4.69) is 0 Å². The molecule has 7 heteroatoms. The molecule has 0 N–H and O–H groups in total. The van der Waals surface area contributed by atoms with Gasteiger partial charge < -0.3 is 14.0 Å². The molecule has 0 spiro atoms. The number of pyridine rings is 1. The Bertz CT molecular complexity index is 812. The highest BCUT2D eigenvalue weighted by Crippen LogP contribution is 2.38. The second-order valence-corrected chi connectivity index (χ2v) is 5.21. The fourth-order valence-corrected chi connectivity index (χ4v) is 2.55. The van der Waals surface area contributed by atoms with Gasteiger partial charge in [0, 0.05) is 12.2 Å². The van der Waals surface area contributed by atoms with Crippen LogP contribution in [0.1, 0.15) is 36.2 Å². The van der Waals surface area contributed by atoms with E-state index in [0.717, 1.165) is 12.8 Å². The third-order valence-electron chi connectivity index (χ3n) is 3.76. The maximum Gasteiger partial charge on any atom is 0.343 e. The van der Waals surface area contributed by atoms with E-state index in [-0.39, 0.29) is 34.1 Å². The van der Waals surface area contributed by atoms with Crippen LogP contribution in [0.4, 0.5) is 9.09 Å². The SMILES string of the molecule is CCOC(=O)c1cn(C2CC2)c2ccc(OC)c(F)c2c1=O.F. The molecule has 1 aliphatic rings. The lowest BCUT2D eigenvalue weighted by molar-refractivity contribution is 0.0524. The summed E-state index contributed by atoms with van der Waals surface area (Å²) >= 11 is 0. The average molecular weight is 325 g/mol. The minimum Gasteiger partial charge on any atom is -0.494 e. The van der Waals surface area contributed by atoms with Crippen LogP contribution in [-0.4, -0.2) is 24.3 Å². The summed E-state index contributed by atoms with van der Waals surface area (Å²) < 4.78 is 26.2. The van der Waals surface area contributed by atoms with Crippen molar-refractivity contribution in [2.24, 2.45) is 0 Å². The standard InChI is InChI=1S/C16H16FNO4.FH/c1-3-22-16(20)10-8-18(9-4-5-9)11-6-7-12(21-2)14(17)13(11)15(10)19;/h6-9H,3-5H2,1-2H3;1H. The number of fused-ring (bicyclic) bond motifs is 1. The lowest BCUT2D eigenvalue weighted by Gasteiger charge is -2.14. The van der Waals surface area contributed by atoms with Crippen molar-refractivity contribution in [1.82, 2.24) is 4.57 Å². The quantitative estimate of drug-likeness (QED) is 0.811. The number of ether oxygens (including phenoxy) is 2. The monoisotopic (exact) mass is 325 g/mol. The first kappa shape index (κ1) is 16.9. The minimum absolute atomic E-state index is 0. The Kier molecular flexibility index (Phi) is 4.68. The molecule has 23 heavy (non-hydrogen) atoms. The number of methoxy groups -OCH3 is 1. The van der Waals surface area contributed by atoms with Gasteiger partial charge in [-0.1, -0.05) is 0 Å². The number of carbonyl (C=O) groups excluding carboxylic acids is 1. The van der Waals surface area contributed by atoms with E-state index in [1.54, 1.807) is 17.6 Å².